The van der Waals surface area contributed by atoms with Crippen LogP contribution in [0, 0.1) is 0 Å². The van der Waals surface area contributed by atoms with Gasteiger partial charge in [0.05, 0.1) is 6.42 Å². The molecule has 96 valence electrons. The van der Waals surface area contributed by atoms with Gasteiger partial charge in [0.2, 0.25) is 5.91 Å². The van der Waals surface area contributed by atoms with Crippen LogP contribution in [-0.4, -0.2) is 32.1 Å². The van der Waals surface area contributed by atoms with E-state index in [1.807, 2.05) is 0 Å². The van der Waals surface area contributed by atoms with E-state index >= 15 is 0 Å². The second-order valence-electron chi connectivity index (χ2n) is 4.20. The average Bonchev–Trinajstić information content (AvgIpc) is 2.73. The van der Waals surface area contributed by atoms with E-state index in [0.29, 0.717) is 25.1 Å². The Kier molecular flexibility index (Phi) is 3.94. The molecule has 0 saturated carbocycles. The van der Waals surface area contributed by atoms with Gasteiger partial charge in [-0.15, -0.1) is 0 Å². The molecule has 1 aromatic carbocycles. The zero-order valence-corrected chi connectivity index (χ0v) is 10.3. The number of hydrogen-bond acceptors (Lipinski definition) is 3. The van der Waals surface area contributed by atoms with Crippen molar-refractivity contribution < 1.29 is 14.3 Å². The van der Waals surface area contributed by atoms with Gasteiger partial charge in [0.15, 0.2) is 0 Å². The van der Waals surface area contributed by atoms with Gasteiger partial charge in [-0.3, -0.25) is 9.59 Å². The molecule has 0 saturated heterocycles. The summed E-state index contributed by atoms with van der Waals surface area (Å²) in [6, 6.07) is 5.25. The molecule has 1 aliphatic heterocycles. The molecule has 0 unspecified atom stereocenters. The Morgan fingerprint density at radius 1 is 1.50 bits per heavy atom. The number of anilines is 1. The lowest BCUT2D eigenvalue weighted by molar-refractivity contribution is -0.115. The smallest absolute Gasteiger partial charge is 0.251 e. The maximum absolute atomic E-state index is 11.8. The Labute approximate surface area is 106 Å². The molecule has 2 N–H and O–H groups in total. The molecule has 18 heavy (non-hydrogen) atoms. The van der Waals surface area contributed by atoms with Crippen molar-refractivity contribution in [1.29, 1.82) is 0 Å². The van der Waals surface area contributed by atoms with Crippen molar-refractivity contribution >= 4 is 17.5 Å². The highest BCUT2D eigenvalue weighted by atomic mass is 16.5. The Balaban J connectivity index is 1.95. The van der Waals surface area contributed by atoms with Crippen molar-refractivity contribution in [2.75, 3.05) is 25.6 Å². The summed E-state index contributed by atoms with van der Waals surface area (Å²) in [6.07, 6.45) is 1.13. The predicted octanol–water partition coefficient (Wildman–Crippen LogP) is 0.947. The van der Waals surface area contributed by atoms with Crippen LogP contribution in [0.15, 0.2) is 18.2 Å². The second-order valence-corrected chi connectivity index (χ2v) is 4.20. The van der Waals surface area contributed by atoms with Crippen molar-refractivity contribution in [3.63, 3.8) is 0 Å². The number of nitrogens with one attached hydrogen (secondary N) is 2. The highest BCUT2D eigenvalue weighted by Crippen LogP contribution is 2.23. The van der Waals surface area contributed by atoms with E-state index < -0.39 is 0 Å². The first kappa shape index (κ1) is 12.6. The van der Waals surface area contributed by atoms with Gasteiger partial charge in [0, 0.05) is 31.5 Å². The zero-order chi connectivity index (χ0) is 13.0. The van der Waals surface area contributed by atoms with Crippen LogP contribution in [0.25, 0.3) is 0 Å². The summed E-state index contributed by atoms with van der Waals surface area (Å²) in [5.41, 5.74) is 2.27. The first-order valence-electron chi connectivity index (χ1n) is 5.90. The Hall–Kier alpha value is -1.88. The fourth-order valence-corrected chi connectivity index (χ4v) is 1.89. The number of fused-ring (bicyclic) bond motifs is 1. The van der Waals surface area contributed by atoms with E-state index in [-0.39, 0.29) is 11.8 Å². The maximum Gasteiger partial charge on any atom is 0.251 e. The molecule has 0 spiro atoms. The van der Waals surface area contributed by atoms with Gasteiger partial charge in [-0.1, -0.05) is 0 Å². The lowest BCUT2D eigenvalue weighted by Gasteiger charge is -2.06. The van der Waals surface area contributed by atoms with E-state index in [1.54, 1.807) is 25.3 Å². The molecule has 0 aliphatic carbocycles. The molecule has 0 bridgehead atoms. The van der Waals surface area contributed by atoms with Crippen molar-refractivity contribution in [2.24, 2.45) is 0 Å². The number of carbonyl (C=O) groups excluding carboxylic acids is 2. The van der Waals surface area contributed by atoms with Gasteiger partial charge in [0.1, 0.15) is 0 Å². The standard InChI is InChI=1S/C13H16N2O3/c1-18-6-2-5-14-13(17)9-3-4-11-10(7-9)8-12(16)15-11/h3-4,7H,2,5-6,8H2,1H3,(H,14,17)(H,15,16). The molecule has 1 aliphatic rings. The molecule has 2 rings (SSSR count). The summed E-state index contributed by atoms with van der Waals surface area (Å²) in [6.45, 7) is 1.21. The van der Waals surface area contributed by atoms with Gasteiger partial charge in [-0.2, -0.15) is 0 Å². The third-order valence-corrected chi connectivity index (χ3v) is 2.80. The van der Waals surface area contributed by atoms with Crippen molar-refractivity contribution in [3.8, 4) is 0 Å². The minimum Gasteiger partial charge on any atom is -0.385 e. The summed E-state index contributed by atoms with van der Waals surface area (Å²) in [7, 11) is 1.63. The van der Waals surface area contributed by atoms with Crippen LogP contribution in [-0.2, 0) is 16.0 Å². The molecule has 5 nitrogen and oxygen atoms in total. The molecule has 0 atom stereocenters. The summed E-state index contributed by atoms with van der Waals surface area (Å²) in [5.74, 6) is -0.143. The summed E-state index contributed by atoms with van der Waals surface area (Å²) in [4.78, 5) is 23.0. The summed E-state index contributed by atoms with van der Waals surface area (Å²) >= 11 is 0. The Morgan fingerprint density at radius 2 is 2.33 bits per heavy atom. The zero-order valence-electron chi connectivity index (χ0n) is 10.3. The second kappa shape index (κ2) is 5.64. The fraction of sp³-hybridized carbons (Fsp3) is 0.385. The highest BCUT2D eigenvalue weighted by molar-refractivity contribution is 6.01. The molecule has 0 fully saturated rings. The minimum absolute atomic E-state index is 0.0253. The predicted molar refractivity (Wildman–Crippen MR) is 67.6 cm³/mol. The van der Waals surface area contributed by atoms with Crippen molar-refractivity contribution in [1.82, 2.24) is 5.32 Å². The summed E-state index contributed by atoms with van der Waals surface area (Å²) in [5, 5.41) is 5.55. The van der Waals surface area contributed by atoms with Crippen LogP contribution in [0.1, 0.15) is 22.3 Å². The lowest BCUT2D eigenvalue weighted by atomic mass is 10.1. The van der Waals surface area contributed by atoms with E-state index in [9.17, 15) is 9.59 Å². The molecule has 0 aromatic heterocycles. The SMILES string of the molecule is COCCCNC(=O)c1ccc2c(c1)CC(=O)N2. The van der Waals surface area contributed by atoms with Crippen LogP contribution in [0.5, 0.6) is 0 Å². The fourth-order valence-electron chi connectivity index (χ4n) is 1.89. The molecule has 2 amide bonds. The van der Waals surface area contributed by atoms with Gasteiger partial charge in [0.25, 0.3) is 5.91 Å². The molecule has 0 radical (unpaired) electrons. The quantitative estimate of drug-likeness (QED) is 0.762. The molecule has 5 heteroatoms. The first-order chi connectivity index (χ1) is 8.70. The van der Waals surface area contributed by atoms with E-state index in [1.165, 1.54) is 0 Å². The molecule has 1 aromatic rings. The van der Waals surface area contributed by atoms with Crippen LogP contribution in [0.2, 0.25) is 0 Å². The van der Waals surface area contributed by atoms with E-state index in [0.717, 1.165) is 17.7 Å². The third-order valence-electron chi connectivity index (χ3n) is 2.80. The Bertz CT molecular complexity index is 471. The number of carbonyl (C=O) groups is 2. The van der Waals surface area contributed by atoms with E-state index in [2.05, 4.69) is 10.6 Å². The minimum atomic E-state index is -0.117. The Morgan fingerprint density at radius 3 is 3.11 bits per heavy atom. The number of amides is 2. The lowest BCUT2D eigenvalue weighted by Crippen LogP contribution is -2.25. The van der Waals surface area contributed by atoms with Crippen molar-refractivity contribution in [2.45, 2.75) is 12.8 Å². The number of rotatable bonds is 5. The van der Waals surface area contributed by atoms with Crippen molar-refractivity contribution in [3.05, 3.63) is 29.3 Å². The van der Waals surface area contributed by atoms with Gasteiger partial charge >= 0.3 is 0 Å². The molecular formula is C13H16N2O3. The van der Waals surface area contributed by atoms with Gasteiger partial charge < -0.3 is 15.4 Å². The number of methoxy groups -OCH3 is 1. The van der Waals surface area contributed by atoms with Gasteiger partial charge in [-0.05, 0) is 30.2 Å². The summed E-state index contributed by atoms with van der Waals surface area (Å²) < 4.78 is 4.90. The van der Waals surface area contributed by atoms with Crippen LogP contribution in [0.3, 0.4) is 0 Å². The van der Waals surface area contributed by atoms with Crippen LogP contribution < -0.4 is 10.6 Å². The maximum atomic E-state index is 11.8. The number of hydrogen-bond donors (Lipinski definition) is 2. The largest absolute Gasteiger partial charge is 0.385 e. The number of ether oxygens (including phenoxy) is 1. The monoisotopic (exact) mass is 248 g/mol. The number of benzene rings is 1. The molecule has 1 heterocycles. The average molecular weight is 248 g/mol. The van der Waals surface area contributed by atoms with E-state index in [4.69, 9.17) is 4.74 Å². The van der Waals surface area contributed by atoms with Gasteiger partial charge in [-0.25, -0.2) is 0 Å². The third kappa shape index (κ3) is 2.87. The highest BCUT2D eigenvalue weighted by Gasteiger charge is 2.18. The van der Waals surface area contributed by atoms with Crippen LogP contribution >= 0.6 is 0 Å². The van der Waals surface area contributed by atoms with Crippen LogP contribution in [0.4, 0.5) is 5.69 Å². The topological polar surface area (TPSA) is 67.4 Å². The first-order valence-corrected chi connectivity index (χ1v) is 5.90. The molecular weight excluding hydrogens is 232 g/mol. The normalized spacial score (nSPS) is 13.1.